The Bertz CT molecular complexity index is 331. The van der Waals surface area contributed by atoms with Gasteiger partial charge in [0, 0.05) is 11.7 Å². The zero-order chi connectivity index (χ0) is 12.5. The number of rotatable bonds is 8. The van der Waals surface area contributed by atoms with E-state index in [4.69, 9.17) is 5.14 Å². The lowest BCUT2D eigenvalue weighted by molar-refractivity contribution is -0.118. The lowest BCUT2D eigenvalue weighted by atomic mass is 9.90. The van der Waals surface area contributed by atoms with Gasteiger partial charge < -0.3 is 0 Å². The van der Waals surface area contributed by atoms with Crippen LogP contribution < -0.4 is 5.14 Å². The lowest BCUT2D eigenvalue weighted by Gasteiger charge is -2.14. The van der Waals surface area contributed by atoms with Crippen LogP contribution in [0.1, 0.15) is 30.7 Å². The van der Waals surface area contributed by atoms with Gasteiger partial charge in [0.05, 0.1) is 5.33 Å². The SMILES string of the molecule is NSCCCCC(C(=O)CBr)c1ccccc1. The molecule has 4 heteroatoms. The average molecular weight is 316 g/mol. The number of alkyl halides is 1. The van der Waals surface area contributed by atoms with Crippen LogP contribution in [0.5, 0.6) is 0 Å². The van der Waals surface area contributed by atoms with Gasteiger partial charge in [0.15, 0.2) is 5.78 Å². The summed E-state index contributed by atoms with van der Waals surface area (Å²) in [5, 5.41) is 5.81. The average Bonchev–Trinajstić information content (AvgIpc) is 2.39. The van der Waals surface area contributed by atoms with Crippen LogP contribution in [0.3, 0.4) is 0 Å². The summed E-state index contributed by atoms with van der Waals surface area (Å²) in [6, 6.07) is 10.0. The van der Waals surface area contributed by atoms with E-state index in [1.807, 2.05) is 30.3 Å². The van der Waals surface area contributed by atoms with Crippen LogP contribution in [0.2, 0.25) is 0 Å². The van der Waals surface area contributed by atoms with Crippen molar-refractivity contribution in [3.63, 3.8) is 0 Å². The first kappa shape index (κ1) is 14.7. The minimum Gasteiger partial charge on any atom is -0.298 e. The molecule has 0 saturated heterocycles. The molecule has 0 heterocycles. The van der Waals surface area contributed by atoms with Gasteiger partial charge in [-0.25, -0.2) is 0 Å². The van der Waals surface area contributed by atoms with Crippen LogP contribution in [0.25, 0.3) is 0 Å². The van der Waals surface area contributed by atoms with E-state index in [0.29, 0.717) is 5.33 Å². The van der Waals surface area contributed by atoms with Crippen LogP contribution in [-0.4, -0.2) is 16.9 Å². The number of benzene rings is 1. The summed E-state index contributed by atoms with van der Waals surface area (Å²) in [6.45, 7) is 0. The Morgan fingerprint density at radius 1 is 1.29 bits per heavy atom. The molecule has 94 valence electrons. The van der Waals surface area contributed by atoms with Crippen molar-refractivity contribution >= 4 is 33.7 Å². The molecule has 1 atom stereocenters. The van der Waals surface area contributed by atoms with Gasteiger partial charge in [0.2, 0.25) is 0 Å². The molecule has 0 aliphatic heterocycles. The molecule has 0 saturated carbocycles. The van der Waals surface area contributed by atoms with Gasteiger partial charge in [-0.15, -0.1) is 0 Å². The van der Waals surface area contributed by atoms with Crippen molar-refractivity contribution in [2.75, 3.05) is 11.1 Å². The first-order chi connectivity index (χ1) is 8.29. The Morgan fingerprint density at radius 3 is 2.59 bits per heavy atom. The van der Waals surface area contributed by atoms with Crippen molar-refractivity contribution in [3.8, 4) is 0 Å². The van der Waals surface area contributed by atoms with E-state index in [0.717, 1.165) is 30.6 Å². The van der Waals surface area contributed by atoms with E-state index in [1.54, 1.807) is 0 Å². The van der Waals surface area contributed by atoms with Gasteiger partial charge in [-0.3, -0.25) is 9.93 Å². The summed E-state index contributed by atoms with van der Waals surface area (Å²) in [5.74, 6) is 1.25. The molecule has 1 unspecified atom stereocenters. The molecule has 0 aliphatic rings. The highest BCUT2D eigenvalue weighted by molar-refractivity contribution is 9.09. The summed E-state index contributed by atoms with van der Waals surface area (Å²) in [7, 11) is 0. The minimum atomic E-state index is 0.0262. The van der Waals surface area contributed by atoms with Gasteiger partial charge in [-0.05, 0) is 18.4 Å². The normalized spacial score (nSPS) is 12.4. The van der Waals surface area contributed by atoms with Crippen LogP contribution in [-0.2, 0) is 4.79 Å². The molecule has 2 N–H and O–H groups in total. The highest BCUT2D eigenvalue weighted by Gasteiger charge is 2.18. The third-order valence-corrected chi connectivity index (χ3v) is 3.80. The Morgan fingerprint density at radius 2 is 2.00 bits per heavy atom. The van der Waals surface area contributed by atoms with E-state index in [1.165, 1.54) is 11.9 Å². The van der Waals surface area contributed by atoms with Gasteiger partial charge >= 0.3 is 0 Å². The van der Waals surface area contributed by atoms with Crippen molar-refractivity contribution < 1.29 is 4.79 Å². The fraction of sp³-hybridized carbons (Fsp3) is 0.462. The number of ketones is 1. The van der Waals surface area contributed by atoms with Crippen molar-refractivity contribution in [3.05, 3.63) is 35.9 Å². The number of carbonyl (C=O) groups is 1. The molecule has 17 heavy (non-hydrogen) atoms. The second-order valence-electron chi connectivity index (χ2n) is 3.93. The summed E-state index contributed by atoms with van der Waals surface area (Å²) >= 11 is 4.63. The fourth-order valence-corrected chi connectivity index (χ4v) is 2.59. The van der Waals surface area contributed by atoms with Crippen LogP contribution >= 0.6 is 27.9 Å². The summed E-state index contributed by atoms with van der Waals surface area (Å²) in [4.78, 5) is 11.9. The third kappa shape index (κ3) is 5.23. The Labute approximate surface area is 116 Å². The molecule has 0 spiro atoms. The highest BCUT2D eigenvalue weighted by Crippen LogP contribution is 2.24. The van der Waals surface area contributed by atoms with Crippen LogP contribution in [0.4, 0.5) is 0 Å². The summed E-state index contributed by atoms with van der Waals surface area (Å²) in [5.41, 5.74) is 1.12. The zero-order valence-corrected chi connectivity index (χ0v) is 12.2. The summed E-state index contributed by atoms with van der Waals surface area (Å²) in [6.07, 6.45) is 3.03. The molecule has 0 bridgehead atoms. The van der Waals surface area contributed by atoms with E-state index in [9.17, 15) is 4.79 Å². The minimum absolute atomic E-state index is 0.0262. The fourth-order valence-electron chi connectivity index (χ4n) is 1.83. The molecule has 1 rings (SSSR count). The van der Waals surface area contributed by atoms with E-state index in [-0.39, 0.29) is 11.7 Å². The first-order valence-corrected chi connectivity index (χ1v) is 7.92. The summed E-state index contributed by atoms with van der Waals surface area (Å²) < 4.78 is 0. The van der Waals surface area contributed by atoms with E-state index in [2.05, 4.69) is 15.9 Å². The molecular weight excluding hydrogens is 298 g/mol. The quantitative estimate of drug-likeness (QED) is 0.453. The number of Topliss-reactive ketones (excluding diaryl/α,β-unsaturated/α-hetero) is 1. The van der Waals surface area contributed by atoms with Crippen molar-refractivity contribution in [2.45, 2.75) is 25.2 Å². The number of carbonyl (C=O) groups excluding carboxylic acids is 1. The Kier molecular flexibility index (Phi) is 7.56. The number of halogens is 1. The Balaban J connectivity index is 2.59. The van der Waals surface area contributed by atoms with E-state index >= 15 is 0 Å². The molecule has 0 aliphatic carbocycles. The number of hydrogen-bond donors (Lipinski definition) is 1. The molecule has 0 radical (unpaired) electrons. The van der Waals surface area contributed by atoms with Crippen molar-refractivity contribution in [2.24, 2.45) is 5.14 Å². The van der Waals surface area contributed by atoms with Crippen molar-refractivity contribution in [1.29, 1.82) is 0 Å². The topological polar surface area (TPSA) is 43.1 Å². The second kappa shape index (κ2) is 8.72. The predicted octanol–water partition coefficient (Wildman–Crippen LogP) is 3.51. The molecule has 2 nitrogen and oxygen atoms in total. The van der Waals surface area contributed by atoms with Gasteiger partial charge in [0.25, 0.3) is 0 Å². The number of nitrogens with two attached hydrogens (primary N) is 1. The molecule has 0 fully saturated rings. The van der Waals surface area contributed by atoms with Crippen molar-refractivity contribution in [1.82, 2.24) is 0 Å². The van der Waals surface area contributed by atoms with E-state index < -0.39 is 0 Å². The van der Waals surface area contributed by atoms with Crippen LogP contribution in [0, 0.1) is 0 Å². The maximum atomic E-state index is 11.9. The molecule has 1 aromatic rings. The van der Waals surface area contributed by atoms with Gasteiger partial charge in [0.1, 0.15) is 0 Å². The number of hydrogen-bond acceptors (Lipinski definition) is 3. The molecule has 0 aromatic heterocycles. The van der Waals surface area contributed by atoms with Gasteiger partial charge in [-0.1, -0.05) is 64.6 Å². The maximum absolute atomic E-state index is 11.9. The van der Waals surface area contributed by atoms with Crippen LogP contribution in [0.15, 0.2) is 30.3 Å². The smallest absolute Gasteiger partial charge is 0.150 e. The zero-order valence-electron chi connectivity index (χ0n) is 9.77. The maximum Gasteiger partial charge on any atom is 0.150 e. The monoisotopic (exact) mass is 315 g/mol. The number of unbranched alkanes of at least 4 members (excludes halogenated alkanes) is 1. The lowest BCUT2D eigenvalue weighted by Crippen LogP contribution is -2.13. The molecule has 1 aromatic carbocycles. The Hall–Kier alpha value is -0.320. The molecule has 0 amide bonds. The highest BCUT2D eigenvalue weighted by atomic mass is 79.9. The molecular formula is C13H18BrNOS. The standard InChI is InChI=1S/C13H18BrNOS/c14-10-13(16)12(8-4-5-9-17-15)11-6-2-1-3-7-11/h1-3,6-7,12H,4-5,8-10,15H2. The first-order valence-electron chi connectivity index (χ1n) is 5.75. The second-order valence-corrected chi connectivity index (χ2v) is 5.23. The van der Waals surface area contributed by atoms with Gasteiger partial charge in [-0.2, -0.15) is 0 Å². The largest absolute Gasteiger partial charge is 0.298 e. The predicted molar refractivity (Wildman–Crippen MR) is 78.5 cm³/mol. The third-order valence-electron chi connectivity index (χ3n) is 2.73.